The van der Waals surface area contributed by atoms with E-state index >= 15 is 0 Å². The van der Waals surface area contributed by atoms with E-state index < -0.39 is 0 Å². The Kier molecular flexibility index (Phi) is 3.62. The lowest BCUT2D eigenvalue weighted by Gasteiger charge is -2.04. The number of nitriles is 1. The monoisotopic (exact) mass is 264 g/mol. The first-order chi connectivity index (χ1) is 8.26. The van der Waals surface area contributed by atoms with Crippen LogP contribution in [0.2, 0.25) is 5.15 Å². The number of halogens is 1. The Balaban J connectivity index is 2.47. The molecule has 86 valence electrons. The van der Waals surface area contributed by atoms with Gasteiger partial charge in [0.05, 0.1) is 30.0 Å². The number of hydrogen-bond donors (Lipinski definition) is 0. The van der Waals surface area contributed by atoms with Gasteiger partial charge in [0.25, 0.3) is 0 Å². The van der Waals surface area contributed by atoms with Crippen molar-refractivity contribution >= 4 is 22.9 Å². The molecule has 0 fully saturated rings. The Hall–Kier alpha value is -1.57. The second-order valence-electron chi connectivity index (χ2n) is 3.27. The lowest BCUT2D eigenvalue weighted by atomic mass is 10.2. The molecule has 0 amide bonds. The molecule has 5 heteroatoms. The quantitative estimate of drug-likeness (QED) is 0.852. The number of ether oxygens (including phenoxy) is 1. The summed E-state index contributed by atoms with van der Waals surface area (Å²) in [6.45, 7) is 0. The average Bonchev–Trinajstić information content (AvgIpc) is 2.71. The van der Waals surface area contributed by atoms with Crippen molar-refractivity contribution in [1.29, 1.82) is 5.26 Å². The molecule has 3 nitrogen and oxygen atoms in total. The molecule has 0 unspecified atom stereocenters. The highest BCUT2D eigenvalue weighted by Gasteiger charge is 2.13. The van der Waals surface area contributed by atoms with Gasteiger partial charge in [-0.1, -0.05) is 23.7 Å². The predicted molar refractivity (Wildman–Crippen MR) is 68.4 cm³/mol. The first-order valence-electron chi connectivity index (χ1n) is 4.91. The third kappa shape index (κ3) is 2.41. The van der Waals surface area contributed by atoms with Crippen molar-refractivity contribution in [2.24, 2.45) is 0 Å². The van der Waals surface area contributed by atoms with E-state index in [0.29, 0.717) is 5.15 Å². The van der Waals surface area contributed by atoms with E-state index in [4.69, 9.17) is 21.6 Å². The Bertz CT molecular complexity index is 574. The summed E-state index contributed by atoms with van der Waals surface area (Å²) >= 11 is 7.40. The van der Waals surface area contributed by atoms with Crippen LogP contribution in [0.4, 0.5) is 0 Å². The number of thiazole rings is 1. The fourth-order valence-electron chi connectivity index (χ4n) is 1.45. The largest absolute Gasteiger partial charge is 0.496 e. The van der Waals surface area contributed by atoms with E-state index in [-0.39, 0.29) is 6.42 Å². The van der Waals surface area contributed by atoms with Crippen LogP contribution < -0.4 is 4.74 Å². The van der Waals surface area contributed by atoms with Crippen molar-refractivity contribution in [3.63, 3.8) is 0 Å². The molecule has 0 radical (unpaired) electrons. The van der Waals surface area contributed by atoms with Crippen molar-refractivity contribution in [3.8, 4) is 22.4 Å². The number of rotatable bonds is 3. The summed E-state index contributed by atoms with van der Waals surface area (Å²) in [7, 11) is 1.62. The zero-order valence-electron chi connectivity index (χ0n) is 9.11. The number of benzene rings is 1. The molecule has 0 aliphatic heterocycles. The van der Waals surface area contributed by atoms with Gasteiger partial charge in [-0.3, -0.25) is 0 Å². The molecule has 1 aromatic carbocycles. The van der Waals surface area contributed by atoms with E-state index in [1.165, 1.54) is 11.3 Å². The highest BCUT2D eigenvalue weighted by atomic mass is 35.5. The maximum atomic E-state index is 8.67. The molecule has 2 rings (SSSR count). The lowest BCUT2D eigenvalue weighted by molar-refractivity contribution is 0.416. The number of hydrogen-bond acceptors (Lipinski definition) is 4. The molecular weight excluding hydrogens is 256 g/mol. The van der Waals surface area contributed by atoms with Gasteiger partial charge in [-0.15, -0.1) is 11.3 Å². The van der Waals surface area contributed by atoms with Gasteiger partial charge in [0.2, 0.25) is 0 Å². The third-order valence-electron chi connectivity index (χ3n) is 2.23. The van der Waals surface area contributed by atoms with E-state index in [1.54, 1.807) is 7.11 Å². The van der Waals surface area contributed by atoms with Gasteiger partial charge in [-0.2, -0.15) is 5.26 Å². The SMILES string of the molecule is COc1ccccc1-c1nc(Cl)c(CC#N)s1. The molecule has 0 bridgehead atoms. The summed E-state index contributed by atoms with van der Waals surface area (Å²) in [6, 6.07) is 9.67. The van der Waals surface area contributed by atoms with Gasteiger partial charge in [-0.25, -0.2) is 4.98 Å². The summed E-state index contributed by atoms with van der Waals surface area (Å²) in [5, 5.41) is 9.85. The van der Waals surface area contributed by atoms with Crippen molar-refractivity contribution in [2.75, 3.05) is 7.11 Å². The smallest absolute Gasteiger partial charge is 0.144 e. The van der Waals surface area contributed by atoms with Crippen molar-refractivity contribution in [3.05, 3.63) is 34.3 Å². The predicted octanol–water partition coefficient (Wildman–Crippen LogP) is 3.54. The Morgan fingerprint density at radius 1 is 1.47 bits per heavy atom. The molecular formula is C12H9ClN2OS. The standard InChI is InChI=1S/C12H9ClN2OS/c1-16-9-5-3-2-4-8(9)12-15-11(13)10(17-12)6-7-14/h2-5H,6H2,1H3. The van der Waals surface area contributed by atoms with Crippen LogP contribution in [-0.2, 0) is 6.42 Å². The zero-order chi connectivity index (χ0) is 12.3. The van der Waals surface area contributed by atoms with Crippen LogP contribution in [0.25, 0.3) is 10.6 Å². The molecule has 17 heavy (non-hydrogen) atoms. The van der Waals surface area contributed by atoms with Crippen LogP contribution in [-0.4, -0.2) is 12.1 Å². The van der Waals surface area contributed by atoms with Crippen molar-refractivity contribution < 1.29 is 4.74 Å². The molecule has 0 saturated carbocycles. The Morgan fingerprint density at radius 3 is 2.94 bits per heavy atom. The summed E-state index contributed by atoms with van der Waals surface area (Å²) in [5.74, 6) is 0.751. The van der Waals surface area contributed by atoms with Crippen molar-refractivity contribution in [1.82, 2.24) is 4.98 Å². The minimum absolute atomic E-state index is 0.283. The van der Waals surface area contributed by atoms with Crippen LogP contribution in [0.3, 0.4) is 0 Å². The van der Waals surface area contributed by atoms with Crippen molar-refractivity contribution in [2.45, 2.75) is 6.42 Å². The van der Waals surface area contributed by atoms with E-state index in [9.17, 15) is 0 Å². The second kappa shape index (κ2) is 5.17. The second-order valence-corrected chi connectivity index (χ2v) is 4.71. The maximum Gasteiger partial charge on any atom is 0.144 e. The van der Waals surface area contributed by atoms with Crippen LogP contribution in [0, 0.1) is 11.3 Å². The fourth-order valence-corrected chi connectivity index (χ4v) is 2.68. The normalized spacial score (nSPS) is 9.94. The number of nitrogens with zero attached hydrogens (tertiary/aromatic N) is 2. The fraction of sp³-hybridized carbons (Fsp3) is 0.167. The van der Waals surface area contributed by atoms with E-state index in [1.807, 2.05) is 24.3 Å². The minimum atomic E-state index is 0.283. The molecule has 0 N–H and O–H groups in total. The van der Waals surface area contributed by atoms with Gasteiger partial charge in [0.15, 0.2) is 0 Å². The maximum absolute atomic E-state index is 8.67. The molecule has 2 aromatic rings. The highest BCUT2D eigenvalue weighted by Crippen LogP contribution is 2.35. The minimum Gasteiger partial charge on any atom is -0.496 e. The van der Waals surface area contributed by atoms with Crippen LogP contribution >= 0.6 is 22.9 Å². The average molecular weight is 265 g/mol. The molecule has 0 aliphatic rings. The number of aromatic nitrogens is 1. The summed E-state index contributed by atoms with van der Waals surface area (Å²) in [6.07, 6.45) is 0.283. The summed E-state index contributed by atoms with van der Waals surface area (Å²) in [4.78, 5) is 5.05. The first kappa shape index (κ1) is 11.9. The van der Waals surface area contributed by atoms with Gasteiger partial charge < -0.3 is 4.74 Å². The molecule has 1 aromatic heterocycles. The Labute approximate surface area is 108 Å². The summed E-state index contributed by atoms with van der Waals surface area (Å²) in [5.41, 5.74) is 0.895. The number of methoxy groups -OCH3 is 1. The molecule has 0 spiro atoms. The number of para-hydroxylation sites is 1. The molecule has 0 aliphatic carbocycles. The molecule has 1 heterocycles. The highest BCUT2D eigenvalue weighted by molar-refractivity contribution is 7.15. The van der Waals surface area contributed by atoms with Gasteiger partial charge in [-0.05, 0) is 12.1 Å². The summed E-state index contributed by atoms with van der Waals surface area (Å²) < 4.78 is 5.27. The van der Waals surface area contributed by atoms with Crippen LogP contribution in [0.5, 0.6) is 5.75 Å². The zero-order valence-corrected chi connectivity index (χ0v) is 10.7. The van der Waals surface area contributed by atoms with Crippen LogP contribution in [0.15, 0.2) is 24.3 Å². The molecule has 0 saturated heterocycles. The van der Waals surface area contributed by atoms with Gasteiger partial charge in [0, 0.05) is 0 Å². The van der Waals surface area contributed by atoms with Gasteiger partial charge >= 0.3 is 0 Å². The lowest BCUT2D eigenvalue weighted by Crippen LogP contribution is -1.86. The van der Waals surface area contributed by atoms with Gasteiger partial charge in [0.1, 0.15) is 15.9 Å². The first-order valence-corrected chi connectivity index (χ1v) is 6.11. The Morgan fingerprint density at radius 2 is 2.24 bits per heavy atom. The molecule has 0 atom stereocenters. The third-order valence-corrected chi connectivity index (χ3v) is 3.74. The van der Waals surface area contributed by atoms with E-state index in [2.05, 4.69) is 11.1 Å². The van der Waals surface area contributed by atoms with E-state index in [0.717, 1.165) is 21.2 Å². The topological polar surface area (TPSA) is 45.9 Å². The van der Waals surface area contributed by atoms with Crippen LogP contribution in [0.1, 0.15) is 4.88 Å².